The smallest absolute Gasteiger partial charge is 0 e. The van der Waals surface area contributed by atoms with E-state index in [4.69, 9.17) is 0 Å². The van der Waals surface area contributed by atoms with Gasteiger partial charge in [0.25, 0.3) is 0 Å². The first-order valence-electron chi connectivity index (χ1n) is 2.83. The summed E-state index contributed by atoms with van der Waals surface area (Å²) in [4.78, 5) is 0. The van der Waals surface area contributed by atoms with Crippen molar-refractivity contribution in [2.24, 2.45) is 0 Å². The first kappa shape index (κ1) is 9.10. The summed E-state index contributed by atoms with van der Waals surface area (Å²) in [5.74, 6) is 0. The first-order valence-corrected chi connectivity index (χ1v) is 2.83. The van der Waals surface area contributed by atoms with Crippen molar-refractivity contribution in [1.29, 1.82) is 0 Å². The van der Waals surface area contributed by atoms with Gasteiger partial charge in [-0.3, -0.25) is 6.08 Å². The molecule has 1 aliphatic rings. The standard InChI is InChI=1S/C8H9.Zr/c1-2-5-8-6-3-4-7-8;/h2,5-7H,3H2,1H3;/q-1;. The van der Waals surface area contributed by atoms with Crippen molar-refractivity contribution in [2.45, 2.75) is 13.3 Å². The van der Waals surface area contributed by atoms with Crippen molar-refractivity contribution in [1.82, 2.24) is 0 Å². The van der Waals surface area contributed by atoms with Crippen LogP contribution in [0.5, 0.6) is 0 Å². The second-order valence-corrected chi connectivity index (χ2v) is 1.76. The molecule has 0 bridgehead atoms. The van der Waals surface area contributed by atoms with Crippen LogP contribution in [0.25, 0.3) is 0 Å². The van der Waals surface area contributed by atoms with Gasteiger partial charge in [-0.1, -0.05) is 0 Å². The molecular weight excluding hydrogens is 187 g/mol. The Kier molecular flexibility index (Phi) is 4.99. The number of hydrogen-bond donors (Lipinski definition) is 0. The third-order valence-electron chi connectivity index (χ3n) is 1.08. The molecule has 0 amide bonds. The van der Waals surface area contributed by atoms with Crippen LogP contribution in [0.2, 0.25) is 0 Å². The van der Waals surface area contributed by atoms with Crippen LogP contribution in [0.3, 0.4) is 0 Å². The number of hydrogen-bond acceptors (Lipinski definition) is 0. The molecule has 46 valence electrons. The third-order valence-corrected chi connectivity index (χ3v) is 1.08. The molecule has 0 atom stereocenters. The third kappa shape index (κ3) is 2.96. The molecule has 0 aromatic heterocycles. The maximum Gasteiger partial charge on any atom is 0 e. The molecule has 0 nitrogen and oxygen atoms in total. The molecule has 0 aromatic rings. The normalized spacial score (nSPS) is 15.9. The zero-order chi connectivity index (χ0) is 5.82. The maximum absolute atomic E-state index is 3.09. The van der Waals surface area contributed by atoms with Crippen LogP contribution in [0, 0.1) is 6.08 Å². The van der Waals surface area contributed by atoms with E-state index in [1.165, 1.54) is 5.57 Å². The van der Waals surface area contributed by atoms with Crippen LogP contribution in [-0.4, -0.2) is 0 Å². The summed E-state index contributed by atoms with van der Waals surface area (Å²) < 4.78 is 0. The number of rotatable bonds is 1. The molecule has 0 fully saturated rings. The summed E-state index contributed by atoms with van der Waals surface area (Å²) in [6.45, 7) is 2.02. The fraction of sp³-hybridized carbons (Fsp3) is 0.250. The Labute approximate surface area is 75.5 Å². The van der Waals surface area contributed by atoms with Crippen molar-refractivity contribution < 1.29 is 26.2 Å². The van der Waals surface area contributed by atoms with Crippen molar-refractivity contribution in [3.63, 3.8) is 0 Å². The molecule has 0 saturated carbocycles. The van der Waals surface area contributed by atoms with E-state index in [0.717, 1.165) is 6.42 Å². The minimum absolute atomic E-state index is 0. The van der Waals surface area contributed by atoms with Crippen molar-refractivity contribution >= 4 is 0 Å². The summed E-state index contributed by atoms with van der Waals surface area (Å²) in [5, 5.41) is 0. The van der Waals surface area contributed by atoms with E-state index >= 15 is 0 Å². The van der Waals surface area contributed by atoms with Gasteiger partial charge in [-0.2, -0.15) is 11.6 Å². The molecule has 0 aliphatic heterocycles. The zero-order valence-corrected chi connectivity index (χ0v) is 7.97. The van der Waals surface area contributed by atoms with E-state index in [9.17, 15) is 0 Å². The Hall–Kier alpha value is 0.103. The second-order valence-electron chi connectivity index (χ2n) is 1.76. The first-order chi connectivity index (χ1) is 3.93. The Morgan fingerprint density at radius 2 is 2.44 bits per heavy atom. The molecule has 0 saturated heterocycles. The molecule has 1 aliphatic carbocycles. The quantitative estimate of drug-likeness (QED) is 0.564. The molecular formula is C8H9Zr-. The summed E-state index contributed by atoms with van der Waals surface area (Å²) in [6, 6.07) is 0. The van der Waals surface area contributed by atoms with E-state index in [-0.39, 0.29) is 26.2 Å². The van der Waals surface area contributed by atoms with Gasteiger partial charge in [0.2, 0.25) is 0 Å². The van der Waals surface area contributed by atoms with E-state index in [2.05, 4.69) is 18.2 Å². The van der Waals surface area contributed by atoms with Gasteiger partial charge >= 0.3 is 0 Å². The summed E-state index contributed by atoms with van der Waals surface area (Å²) in [5.41, 5.74) is 1.28. The Morgan fingerprint density at radius 1 is 1.67 bits per heavy atom. The van der Waals surface area contributed by atoms with Gasteiger partial charge in [-0.25, -0.2) is 6.08 Å². The number of allylic oxidation sites excluding steroid dienone is 6. The van der Waals surface area contributed by atoms with Gasteiger partial charge in [-0.15, -0.1) is 18.6 Å². The largest absolute Gasteiger partial charge is 0.272 e. The average Bonchev–Trinajstić information content (AvgIpc) is 2.19. The topological polar surface area (TPSA) is 0 Å². The summed E-state index contributed by atoms with van der Waals surface area (Å²) in [6.07, 6.45) is 12.4. The molecule has 1 heteroatoms. The minimum Gasteiger partial charge on any atom is -0.272 e. The van der Waals surface area contributed by atoms with E-state index in [0.29, 0.717) is 0 Å². The van der Waals surface area contributed by atoms with Crippen molar-refractivity contribution in [3.8, 4) is 0 Å². The molecule has 0 radical (unpaired) electrons. The van der Waals surface area contributed by atoms with Crippen LogP contribution in [0.4, 0.5) is 0 Å². The van der Waals surface area contributed by atoms with E-state index in [1.54, 1.807) is 0 Å². The molecule has 0 unspecified atom stereocenters. The molecule has 1 rings (SSSR count). The zero-order valence-electron chi connectivity index (χ0n) is 5.52. The van der Waals surface area contributed by atoms with Crippen LogP contribution in [0.15, 0.2) is 29.9 Å². The van der Waals surface area contributed by atoms with Crippen LogP contribution in [0.1, 0.15) is 13.3 Å². The Balaban J connectivity index is 0.000000640. The molecule has 0 spiro atoms. The molecule has 0 heterocycles. The monoisotopic (exact) mass is 195 g/mol. The van der Waals surface area contributed by atoms with Gasteiger partial charge in [0.15, 0.2) is 0 Å². The SMILES string of the molecule is CC=CC1=CC[C-]=C1.[Zr]. The maximum atomic E-state index is 3.09. The van der Waals surface area contributed by atoms with E-state index < -0.39 is 0 Å². The fourth-order valence-electron chi connectivity index (χ4n) is 0.721. The average molecular weight is 196 g/mol. The molecule has 9 heavy (non-hydrogen) atoms. The molecule has 0 aromatic carbocycles. The van der Waals surface area contributed by atoms with Gasteiger partial charge in [-0.05, 0) is 6.92 Å². The van der Waals surface area contributed by atoms with E-state index in [1.807, 2.05) is 19.1 Å². The Bertz CT molecular complexity index is 152. The van der Waals surface area contributed by atoms with Gasteiger partial charge in [0.1, 0.15) is 0 Å². The van der Waals surface area contributed by atoms with Crippen molar-refractivity contribution in [3.05, 3.63) is 36.0 Å². The molecule has 0 N–H and O–H groups in total. The predicted molar refractivity (Wildman–Crippen MR) is 35.3 cm³/mol. The summed E-state index contributed by atoms with van der Waals surface area (Å²) >= 11 is 0. The second kappa shape index (κ2) is 4.93. The van der Waals surface area contributed by atoms with Crippen LogP contribution in [-0.2, 0) is 26.2 Å². The Morgan fingerprint density at radius 3 is 2.89 bits per heavy atom. The van der Waals surface area contributed by atoms with Crippen molar-refractivity contribution in [2.75, 3.05) is 0 Å². The van der Waals surface area contributed by atoms with Gasteiger partial charge < -0.3 is 0 Å². The predicted octanol–water partition coefficient (Wildman–Crippen LogP) is 2.25. The van der Waals surface area contributed by atoms with Gasteiger partial charge in [0, 0.05) is 26.2 Å². The minimum atomic E-state index is 0. The van der Waals surface area contributed by atoms with Gasteiger partial charge in [0.05, 0.1) is 0 Å². The van der Waals surface area contributed by atoms with Crippen LogP contribution < -0.4 is 0 Å². The summed E-state index contributed by atoms with van der Waals surface area (Å²) in [7, 11) is 0. The fourth-order valence-corrected chi connectivity index (χ4v) is 0.721. The van der Waals surface area contributed by atoms with Crippen LogP contribution >= 0.6 is 0 Å².